The lowest BCUT2D eigenvalue weighted by Crippen LogP contribution is -2.24. The maximum atomic E-state index is 11.9. The quantitative estimate of drug-likeness (QED) is 0.308. The molecule has 0 aliphatic heterocycles. The Balaban J connectivity index is 4.98. The summed E-state index contributed by atoms with van der Waals surface area (Å²) in [6, 6.07) is 0. The van der Waals surface area contributed by atoms with Crippen molar-refractivity contribution in [2.24, 2.45) is 0 Å². The van der Waals surface area contributed by atoms with Crippen LogP contribution >= 0.6 is 22.6 Å². The van der Waals surface area contributed by atoms with Crippen LogP contribution in [0.25, 0.3) is 0 Å². The van der Waals surface area contributed by atoms with Crippen molar-refractivity contribution < 1.29 is 9.53 Å². The molecule has 0 aromatic rings. The number of carbonyl (C=O) groups excluding carboxylic acids is 1. The van der Waals surface area contributed by atoms with E-state index < -0.39 is 8.07 Å². The summed E-state index contributed by atoms with van der Waals surface area (Å²) in [6.07, 6.45) is 3.03. The van der Waals surface area contributed by atoms with Crippen molar-refractivity contribution in [2.75, 3.05) is 6.61 Å². The Hall–Kier alpha value is 0.157. The molecule has 4 heteroatoms. The Morgan fingerprint density at radius 1 is 1.25 bits per heavy atom. The van der Waals surface area contributed by atoms with Crippen LogP contribution in [-0.2, 0) is 9.53 Å². The van der Waals surface area contributed by atoms with Crippen molar-refractivity contribution in [2.45, 2.75) is 52.8 Å². The van der Waals surface area contributed by atoms with Gasteiger partial charge in [-0.15, -0.1) is 0 Å². The van der Waals surface area contributed by atoms with Crippen LogP contribution in [0.5, 0.6) is 0 Å². The van der Waals surface area contributed by atoms with Crippen LogP contribution < -0.4 is 0 Å². The average molecular weight is 354 g/mol. The SMILES string of the molecule is CCCC/C(C(=O)OCC)=C(\I)[Si](C)(C)C. The third-order valence-corrected chi connectivity index (χ3v) is 9.35. The molecule has 0 saturated heterocycles. The number of carbonyl (C=O) groups is 1. The van der Waals surface area contributed by atoms with Gasteiger partial charge in [-0.3, -0.25) is 0 Å². The number of rotatable bonds is 6. The summed E-state index contributed by atoms with van der Waals surface area (Å²) < 4.78 is 6.40. The number of ether oxygens (including phenoxy) is 1. The second kappa shape index (κ2) is 7.48. The van der Waals surface area contributed by atoms with Crippen molar-refractivity contribution in [1.82, 2.24) is 0 Å². The fourth-order valence-electron chi connectivity index (χ4n) is 1.33. The molecule has 0 spiro atoms. The Kier molecular flexibility index (Phi) is 7.55. The molecule has 0 aliphatic rings. The molecule has 0 N–H and O–H groups in total. The molecule has 16 heavy (non-hydrogen) atoms. The highest BCUT2D eigenvalue weighted by Gasteiger charge is 2.25. The summed E-state index contributed by atoms with van der Waals surface area (Å²) in [5.41, 5.74) is 0.920. The summed E-state index contributed by atoms with van der Waals surface area (Å²) >= 11 is 2.35. The largest absolute Gasteiger partial charge is 0.463 e. The minimum Gasteiger partial charge on any atom is -0.463 e. The van der Waals surface area contributed by atoms with E-state index in [2.05, 4.69) is 49.2 Å². The Bertz CT molecular complexity index is 267. The lowest BCUT2D eigenvalue weighted by Gasteiger charge is -2.19. The highest BCUT2D eigenvalue weighted by atomic mass is 127. The van der Waals surface area contributed by atoms with Gasteiger partial charge in [0.1, 0.15) is 0 Å². The molecule has 0 atom stereocenters. The first-order chi connectivity index (χ1) is 7.34. The van der Waals surface area contributed by atoms with Gasteiger partial charge in [0.05, 0.1) is 14.7 Å². The highest BCUT2D eigenvalue weighted by molar-refractivity contribution is 14.1. The van der Waals surface area contributed by atoms with E-state index in [1.54, 1.807) is 0 Å². The van der Waals surface area contributed by atoms with Crippen molar-refractivity contribution in [1.29, 1.82) is 0 Å². The van der Waals surface area contributed by atoms with Crippen molar-refractivity contribution in [3.8, 4) is 0 Å². The molecule has 0 saturated carbocycles. The lowest BCUT2D eigenvalue weighted by atomic mass is 10.1. The number of esters is 1. The van der Waals surface area contributed by atoms with Gasteiger partial charge in [0, 0.05) is 5.57 Å². The minimum absolute atomic E-state index is 0.109. The Morgan fingerprint density at radius 2 is 1.81 bits per heavy atom. The molecule has 94 valence electrons. The second-order valence-corrected chi connectivity index (χ2v) is 12.0. The minimum atomic E-state index is -1.40. The third kappa shape index (κ3) is 5.47. The Morgan fingerprint density at radius 3 is 2.19 bits per heavy atom. The topological polar surface area (TPSA) is 26.3 Å². The first-order valence-corrected chi connectivity index (χ1v) is 10.5. The van der Waals surface area contributed by atoms with Crippen molar-refractivity contribution >= 4 is 36.6 Å². The molecule has 0 radical (unpaired) electrons. The van der Waals surface area contributed by atoms with Gasteiger partial charge < -0.3 is 4.74 Å². The van der Waals surface area contributed by atoms with Crippen molar-refractivity contribution in [3.05, 3.63) is 8.78 Å². The number of hydrogen-bond acceptors (Lipinski definition) is 2. The second-order valence-electron chi connectivity index (χ2n) is 4.87. The van der Waals surface area contributed by atoms with E-state index in [0.717, 1.165) is 24.8 Å². The molecule has 0 heterocycles. The van der Waals surface area contributed by atoms with E-state index >= 15 is 0 Å². The predicted molar refractivity (Wildman–Crippen MR) is 80.6 cm³/mol. The fourth-order valence-corrected chi connectivity index (χ4v) is 2.95. The molecule has 0 bridgehead atoms. The van der Waals surface area contributed by atoms with E-state index in [-0.39, 0.29) is 5.97 Å². The van der Waals surface area contributed by atoms with Gasteiger partial charge in [-0.2, -0.15) is 0 Å². The summed E-state index contributed by atoms with van der Waals surface area (Å²) in [4.78, 5) is 11.9. The third-order valence-electron chi connectivity index (χ3n) is 2.23. The Labute approximate surface area is 114 Å². The van der Waals surface area contributed by atoms with E-state index in [1.807, 2.05) is 6.92 Å². The summed E-state index contributed by atoms with van der Waals surface area (Å²) in [7, 11) is -1.40. The van der Waals surface area contributed by atoms with Crippen LogP contribution in [0.1, 0.15) is 33.1 Å². The van der Waals surface area contributed by atoms with Gasteiger partial charge >= 0.3 is 5.97 Å². The average Bonchev–Trinajstić information content (AvgIpc) is 2.17. The van der Waals surface area contributed by atoms with E-state index in [9.17, 15) is 4.79 Å². The van der Waals surface area contributed by atoms with Crippen LogP contribution in [0, 0.1) is 0 Å². The number of hydrogen-bond donors (Lipinski definition) is 0. The number of halogens is 1. The zero-order valence-corrected chi connectivity index (χ0v) is 14.2. The molecular weight excluding hydrogens is 331 g/mol. The fraction of sp³-hybridized carbons (Fsp3) is 0.750. The molecule has 0 amide bonds. The van der Waals surface area contributed by atoms with Gasteiger partial charge in [-0.05, 0) is 23.0 Å². The normalized spacial score (nSPS) is 13.4. The van der Waals surface area contributed by atoms with Crippen LogP contribution in [-0.4, -0.2) is 20.7 Å². The lowest BCUT2D eigenvalue weighted by molar-refractivity contribution is -0.138. The molecule has 0 aliphatic carbocycles. The summed E-state index contributed by atoms with van der Waals surface area (Å²) in [5.74, 6) is -0.109. The molecule has 0 unspecified atom stereocenters. The maximum Gasteiger partial charge on any atom is 0.334 e. The van der Waals surface area contributed by atoms with Crippen LogP contribution in [0.3, 0.4) is 0 Å². The predicted octanol–water partition coefficient (Wildman–Crippen LogP) is 4.31. The highest BCUT2D eigenvalue weighted by Crippen LogP contribution is 2.28. The zero-order valence-electron chi connectivity index (χ0n) is 11.0. The number of unbranched alkanes of at least 4 members (excludes halogenated alkanes) is 1. The van der Waals surface area contributed by atoms with Crippen LogP contribution in [0.4, 0.5) is 0 Å². The van der Waals surface area contributed by atoms with Crippen LogP contribution in [0.15, 0.2) is 8.78 Å². The maximum absolute atomic E-state index is 11.9. The van der Waals surface area contributed by atoms with Crippen molar-refractivity contribution in [3.63, 3.8) is 0 Å². The molecule has 0 aromatic carbocycles. The van der Waals surface area contributed by atoms with Gasteiger partial charge in [0.15, 0.2) is 0 Å². The molecule has 2 nitrogen and oxygen atoms in total. The molecular formula is C12H23IO2Si. The monoisotopic (exact) mass is 354 g/mol. The van der Waals surface area contributed by atoms with Crippen LogP contribution in [0.2, 0.25) is 19.6 Å². The van der Waals surface area contributed by atoms with Gasteiger partial charge in [0.25, 0.3) is 0 Å². The van der Waals surface area contributed by atoms with E-state index in [0.29, 0.717) is 6.61 Å². The van der Waals surface area contributed by atoms with Gasteiger partial charge in [-0.1, -0.05) is 55.6 Å². The molecule has 0 aromatic heterocycles. The van der Waals surface area contributed by atoms with E-state index in [1.165, 1.54) is 3.20 Å². The molecule has 0 rings (SSSR count). The summed E-state index contributed by atoms with van der Waals surface area (Å²) in [6.45, 7) is 11.3. The zero-order chi connectivity index (χ0) is 12.8. The standard InChI is InChI=1S/C12H23IO2Si/c1-6-8-9-10(12(14)15-7-2)11(13)16(3,4)5/h6-9H2,1-5H3/b11-10-. The van der Waals surface area contributed by atoms with Gasteiger partial charge in [0.2, 0.25) is 0 Å². The molecule has 0 fully saturated rings. The van der Waals surface area contributed by atoms with Gasteiger partial charge in [-0.25, -0.2) is 4.79 Å². The van der Waals surface area contributed by atoms with E-state index in [4.69, 9.17) is 4.74 Å². The first kappa shape index (κ1) is 16.2. The first-order valence-electron chi connectivity index (χ1n) is 5.90. The summed E-state index contributed by atoms with van der Waals surface area (Å²) in [5, 5.41) is 0. The smallest absolute Gasteiger partial charge is 0.334 e.